The lowest BCUT2D eigenvalue weighted by molar-refractivity contribution is -0.0513. The summed E-state index contributed by atoms with van der Waals surface area (Å²) in [6.45, 7) is -0.481. The number of hydrogen-bond acceptors (Lipinski definition) is 4. The molecule has 2 rings (SSSR count). The SMILES string of the molecule is CCn1nccc1C(O)c1ccc(OC)c(OC(F)F)c1. The maximum absolute atomic E-state index is 12.4. The summed E-state index contributed by atoms with van der Waals surface area (Å²) in [5.74, 6) is 0.0573. The first-order valence-corrected chi connectivity index (χ1v) is 6.39. The number of aliphatic hydroxyl groups excluding tert-OH is 1. The third-order valence-electron chi connectivity index (χ3n) is 3.05. The first-order chi connectivity index (χ1) is 10.1. The minimum absolute atomic E-state index is 0.119. The van der Waals surface area contributed by atoms with Gasteiger partial charge in [0.1, 0.15) is 6.10 Å². The van der Waals surface area contributed by atoms with Gasteiger partial charge in [0.05, 0.1) is 12.8 Å². The summed E-state index contributed by atoms with van der Waals surface area (Å²) in [4.78, 5) is 0. The van der Waals surface area contributed by atoms with Crippen molar-refractivity contribution >= 4 is 0 Å². The van der Waals surface area contributed by atoms with Gasteiger partial charge in [0.25, 0.3) is 0 Å². The predicted molar refractivity (Wildman–Crippen MR) is 71.6 cm³/mol. The van der Waals surface area contributed by atoms with Crippen molar-refractivity contribution in [1.82, 2.24) is 9.78 Å². The second kappa shape index (κ2) is 6.53. The maximum atomic E-state index is 12.4. The summed E-state index contributed by atoms with van der Waals surface area (Å²) in [5.41, 5.74) is 0.993. The number of aliphatic hydroxyl groups is 1. The van der Waals surface area contributed by atoms with E-state index in [1.807, 2.05) is 6.92 Å². The molecule has 1 aromatic heterocycles. The van der Waals surface area contributed by atoms with Gasteiger partial charge in [-0.15, -0.1) is 0 Å². The van der Waals surface area contributed by atoms with E-state index in [0.717, 1.165) is 0 Å². The molecule has 1 aromatic carbocycles. The molecule has 0 spiro atoms. The van der Waals surface area contributed by atoms with Crippen LogP contribution < -0.4 is 9.47 Å². The first kappa shape index (κ1) is 15.2. The van der Waals surface area contributed by atoms with Crippen molar-refractivity contribution in [3.63, 3.8) is 0 Å². The van der Waals surface area contributed by atoms with Crippen LogP contribution in [0.25, 0.3) is 0 Å². The molecule has 0 saturated heterocycles. The van der Waals surface area contributed by atoms with E-state index in [-0.39, 0.29) is 11.5 Å². The van der Waals surface area contributed by atoms with Gasteiger partial charge >= 0.3 is 6.61 Å². The van der Waals surface area contributed by atoms with Crippen LogP contribution in [0, 0.1) is 0 Å². The number of aryl methyl sites for hydroxylation is 1. The van der Waals surface area contributed by atoms with Crippen LogP contribution in [0.1, 0.15) is 24.3 Å². The third kappa shape index (κ3) is 3.30. The quantitative estimate of drug-likeness (QED) is 0.890. The average molecular weight is 298 g/mol. The van der Waals surface area contributed by atoms with E-state index in [2.05, 4.69) is 9.84 Å². The zero-order chi connectivity index (χ0) is 15.4. The normalized spacial score (nSPS) is 12.5. The van der Waals surface area contributed by atoms with Gasteiger partial charge in [-0.1, -0.05) is 6.07 Å². The minimum atomic E-state index is -2.97. The van der Waals surface area contributed by atoms with Crippen LogP contribution in [-0.2, 0) is 6.54 Å². The predicted octanol–water partition coefficient (Wildman–Crippen LogP) is 2.59. The lowest BCUT2D eigenvalue weighted by Crippen LogP contribution is -2.10. The lowest BCUT2D eigenvalue weighted by atomic mass is 10.1. The topological polar surface area (TPSA) is 56.5 Å². The second-order valence-electron chi connectivity index (χ2n) is 4.26. The zero-order valence-electron chi connectivity index (χ0n) is 11.7. The molecule has 1 unspecified atom stereocenters. The van der Waals surface area contributed by atoms with Crippen molar-refractivity contribution in [2.45, 2.75) is 26.2 Å². The van der Waals surface area contributed by atoms with Crippen molar-refractivity contribution in [2.75, 3.05) is 7.11 Å². The maximum Gasteiger partial charge on any atom is 0.387 e. The van der Waals surface area contributed by atoms with E-state index in [0.29, 0.717) is 17.8 Å². The summed E-state index contributed by atoms with van der Waals surface area (Å²) < 4.78 is 35.8. The summed E-state index contributed by atoms with van der Waals surface area (Å²) in [6, 6.07) is 6.08. The highest BCUT2D eigenvalue weighted by Crippen LogP contribution is 2.33. The summed E-state index contributed by atoms with van der Waals surface area (Å²) in [7, 11) is 1.36. The van der Waals surface area contributed by atoms with Crippen LogP contribution >= 0.6 is 0 Å². The smallest absolute Gasteiger partial charge is 0.387 e. The van der Waals surface area contributed by atoms with Gasteiger partial charge in [0.2, 0.25) is 0 Å². The fourth-order valence-corrected chi connectivity index (χ4v) is 2.06. The summed E-state index contributed by atoms with van der Waals surface area (Å²) in [6.07, 6.45) is 0.584. The number of halogens is 2. The van der Waals surface area contributed by atoms with Crippen LogP contribution in [0.5, 0.6) is 11.5 Å². The van der Waals surface area contributed by atoms with Crippen molar-refractivity contribution < 1.29 is 23.4 Å². The number of methoxy groups -OCH3 is 1. The van der Waals surface area contributed by atoms with Gasteiger partial charge in [-0.3, -0.25) is 4.68 Å². The number of rotatable bonds is 6. The van der Waals surface area contributed by atoms with Crippen molar-refractivity contribution in [3.05, 3.63) is 41.7 Å². The highest BCUT2D eigenvalue weighted by molar-refractivity contribution is 5.44. The standard InChI is InChI=1S/C14H16F2N2O3/c1-3-18-10(6-7-17-18)13(19)9-4-5-11(20-2)12(8-9)21-14(15)16/h4-8,13-14,19H,3H2,1-2H3. The molecule has 7 heteroatoms. The zero-order valence-corrected chi connectivity index (χ0v) is 11.7. The molecule has 0 aliphatic heterocycles. The molecule has 0 aliphatic carbocycles. The van der Waals surface area contributed by atoms with E-state index in [1.54, 1.807) is 23.0 Å². The number of nitrogens with zero attached hydrogens (tertiary/aromatic N) is 2. The number of benzene rings is 1. The molecule has 1 heterocycles. The highest BCUT2D eigenvalue weighted by atomic mass is 19.3. The molecule has 0 aliphatic rings. The van der Waals surface area contributed by atoms with E-state index in [9.17, 15) is 13.9 Å². The largest absolute Gasteiger partial charge is 0.493 e. The van der Waals surface area contributed by atoms with Gasteiger partial charge in [0, 0.05) is 12.7 Å². The molecule has 21 heavy (non-hydrogen) atoms. The molecule has 0 bridgehead atoms. The monoisotopic (exact) mass is 298 g/mol. The number of aromatic nitrogens is 2. The molecule has 114 valence electrons. The van der Waals surface area contributed by atoms with Crippen LogP contribution in [0.3, 0.4) is 0 Å². The Morgan fingerprint density at radius 2 is 2.05 bits per heavy atom. The Morgan fingerprint density at radius 3 is 2.67 bits per heavy atom. The lowest BCUT2D eigenvalue weighted by Gasteiger charge is -2.16. The van der Waals surface area contributed by atoms with Gasteiger partial charge in [0.15, 0.2) is 11.5 Å². The van der Waals surface area contributed by atoms with Crippen LogP contribution in [0.4, 0.5) is 8.78 Å². The van der Waals surface area contributed by atoms with Gasteiger partial charge in [-0.2, -0.15) is 13.9 Å². The molecule has 0 amide bonds. The van der Waals surface area contributed by atoms with Crippen molar-refractivity contribution in [1.29, 1.82) is 0 Å². The number of alkyl halides is 2. The van der Waals surface area contributed by atoms with Crippen LogP contribution in [0.15, 0.2) is 30.5 Å². The van der Waals surface area contributed by atoms with Gasteiger partial charge < -0.3 is 14.6 Å². The number of ether oxygens (including phenoxy) is 2. The molecular formula is C14H16F2N2O3. The van der Waals surface area contributed by atoms with E-state index in [1.165, 1.54) is 19.2 Å². The van der Waals surface area contributed by atoms with E-state index in [4.69, 9.17) is 4.74 Å². The highest BCUT2D eigenvalue weighted by Gasteiger charge is 2.18. The third-order valence-corrected chi connectivity index (χ3v) is 3.05. The van der Waals surface area contributed by atoms with Crippen LogP contribution in [0.2, 0.25) is 0 Å². The Morgan fingerprint density at radius 1 is 1.29 bits per heavy atom. The van der Waals surface area contributed by atoms with Crippen molar-refractivity contribution in [2.24, 2.45) is 0 Å². The summed E-state index contributed by atoms with van der Waals surface area (Å²) >= 11 is 0. The molecule has 0 saturated carbocycles. The molecule has 5 nitrogen and oxygen atoms in total. The average Bonchev–Trinajstić information content (AvgIpc) is 2.94. The Kier molecular flexibility index (Phi) is 4.74. The Bertz CT molecular complexity index is 602. The molecular weight excluding hydrogens is 282 g/mol. The summed E-state index contributed by atoms with van der Waals surface area (Å²) in [5, 5.41) is 14.4. The van der Waals surface area contributed by atoms with Crippen molar-refractivity contribution in [3.8, 4) is 11.5 Å². The van der Waals surface area contributed by atoms with Crippen LogP contribution in [-0.4, -0.2) is 28.6 Å². The second-order valence-corrected chi connectivity index (χ2v) is 4.26. The molecule has 1 atom stereocenters. The Hall–Kier alpha value is -2.15. The fraction of sp³-hybridized carbons (Fsp3) is 0.357. The van der Waals surface area contributed by atoms with Gasteiger partial charge in [-0.05, 0) is 30.7 Å². The minimum Gasteiger partial charge on any atom is -0.493 e. The molecule has 0 radical (unpaired) electrons. The Labute approximate surface area is 120 Å². The Balaban J connectivity index is 2.35. The first-order valence-electron chi connectivity index (χ1n) is 6.39. The molecule has 2 aromatic rings. The molecule has 0 fully saturated rings. The van der Waals surface area contributed by atoms with E-state index >= 15 is 0 Å². The van der Waals surface area contributed by atoms with E-state index < -0.39 is 12.7 Å². The number of hydrogen-bond donors (Lipinski definition) is 1. The fourth-order valence-electron chi connectivity index (χ4n) is 2.06. The van der Waals surface area contributed by atoms with Gasteiger partial charge in [-0.25, -0.2) is 0 Å². The molecule has 1 N–H and O–H groups in total.